The SMILES string of the molecule is COc1ccc(OC)c(-c2nnc3ccc(OCCNS(=O)(=O)c4ccc(Cl)s4)nn23)c1. The first-order valence-electron chi connectivity index (χ1n) is 9.24. The Hall–Kier alpha value is -2.93. The molecule has 0 fully saturated rings. The molecule has 3 aromatic heterocycles. The van der Waals surface area contributed by atoms with Gasteiger partial charge in [-0.15, -0.1) is 26.6 Å². The largest absolute Gasteiger partial charge is 0.497 e. The Morgan fingerprint density at radius 3 is 2.66 bits per heavy atom. The van der Waals surface area contributed by atoms with Crippen molar-refractivity contribution in [2.75, 3.05) is 27.4 Å². The van der Waals surface area contributed by atoms with Crippen molar-refractivity contribution in [3.63, 3.8) is 0 Å². The summed E-state index contributed by atoms with van der Waals surface area (Å²) in [7, 11) is -0.518. The summed E-state index contributed by atoms with van der Waals surface area (Å²) in [5.41, 5.74) is 1.15. The maximum Gasteiger partial charge on any atom is 0.250 e. The van der Waals surface area contributed by atoms with E-state index in [1.807, 2.05) is 0 Å². The minimum Gasteiger partial charge on any atom is -0.497 e. The van der Waals surface area contributed by atoms with Crippen LogP contribution in [0.15, 0.2) is 46.7 Å². The molecule has 3 heterocycles. The summed E-state index contributed by atoms with van der Waals surface area (Å²) in [4.78, 5) is 0. The number of rotatable bonds is 9. The van der Waals surface area contributed by atoms with Gasteiger partial charge in [0.05, 0.1) is 24.1 Å². The highest BCUT2D eigenvalue weighted by Crippen LogP contribution is 2.32. The summed E-state index contributed by atoms with van der Waals surface area (Å²) in [6.07, 6.45) is 0. The molecule has 4 rings (SSSR count). The molecule has 0 aliphatic rings. The molecule has 168 valence electrons. The van der Waals surface area contributed by atoms with Crippen LogP contribution in [0.25, 0.3) is 17.0 Å². The number of aromatic nitrogens is 4. The first-order chi connectivity index (χ1) is 15.4. The molecule has 0 aliphatic carbocycles. The summed E-state index contributed by atoms with van der Waals surface area (Å²) in [6.45, 7) is 0.118. The molecule has 0 saturated carbocycles. The summed E-state index contributed by atoms with van der Waals surface area (Å²) < 4.78 is 45.3. The second kappa shape index (κ2) is 9.28. The van der Waals surface area contributed by atoms with Crippen LogP contribution >= 0.6 is 22.9 Å². The first-order valence-corrected chi connectivity index (χ1v) is 11.9. The molecule has 1 aromatic carbocycles. The van der Waals surface area contributed by atoms with Gasteiger partial charge in [-0.1, -0.05) is 11.6 Å². The van der Waals surface area contributed by atoms with Crippen molar-refractivity contribution < 1.29 is 22.6 Å². The van der Waals surface area contributed by atoms with Gasteiger partial charge in [-0.05, 0) is 36.4 Å². The maximum atomic E-state index is 12.2. The summed E-state index contributed by atoms with van der Waals surface area (Å²) in [5, 5.41) is 12.8. The number of fused-ring (bicyclic) bond motifs is 1. The Bertz CT molecular complexity index is 1360. The van der Waals surface area contributed by atoms with Crippen LogP contribution in [0, 0.1) is 0 Å². The second-order valence-electron chi connectivity index (χ2n) is 6.34. The fraction of sp³-hybridized carbons (Fsp3) is 0.211. The predicted octanol–water partition coefficient (Wildman–Crippen LogP) is 2.88. The van der Waals surface area contributed by atoms with Crippen LogP contribution in [-0.2, 0) is 10.0 Å². The van der Waals surface area contributed by atoms with Crippen molar-refractivity contribution in [1.82, 2.24) is 24.5 Å². The van der Waals surface area contributed by atoms with Crippen molar-refractivity contribution in [2.24, 2.45) is 0 Å². The number of benzene rings is 1. The van der Waals surface area contributed by atoms with E-state index in [0.717, 1.165) is 11.3 Å². The fourth-order valence-electron chi connectivity index (χ4n) is 2.85. The van der Waals surface area contributed by atoms with Crippen LogP contribution in [0.1, 0.15) is 0 Å². The smallest absolute Gasteiger partial charge is 0.250 e. The molecule has 0 bridgehead atoms. The number of methoxy groups -OCH3 is 2. The Kier molecular flexibility index (Phi) is 6.46. The zero-order valence-electron chi connectivity index (χ0n) is 17.0. The quantitative estimate of drug-likeness (QED) is 0.352. The van der Waals surface area contributed by atoms with Crippen LogP contribution in [-0.4, -0.2) is 55.6 Å². The highest BCUT2D eigenvalue weighted by molar-refractivity contribution is 7.91. The molecule has 32 heavy (non-hydrogen) atoms. The van der Waals surface area contributed by atoms with Crippen molar-refractivity contribution >= 4 is 38.6 Å². The Labute approximate surface area is 192 Å². The zero-order valence-corrected chi connectivity index (χ0v) is 19.4. The molecule has 0 unspecified atom stereocenters. The van der Waals surface area contributed by atoms with E-state index in [9.17, 15) is 8.42 Å². The molecule has 0 atom stereocenters. The monoisotopic (exact) mass is 495 g/mol. The van der Waals surface area contributed by atoms with Gasteiger partial charge in [0.25, 0.3) is 0 Å². The van der Waals surface area contributed by atoms with E-state index >= 15 is 0 Å². The molecular weight excluding hydrogens is 478 g/mol. The van der Waals surface area contributed by atoms with E-state index in [-0.39, 0.29) is 23.2 Å². The van der Waals surface area contributed by atoms with Gasteiger partial charge in [0.15, 0.2) is 11.5 Å². The van der Waals surface area contributed by atoms with Gasteiger partial charge in [0.1, 0.15) is 22.3 Å². The zero-order chi connectivity index (χ0) is 22.7. The Morgan fingerprint density at radius 1 is 1.09 bits per heavy atom. The van der Waals surface area contributed by atoms with Crippen molar-refractivity contribution in [2.45, 2.75) is 4.21 Å². The van der Waals surface area contributed by atoms with Crippen molar-refractivity contribution in [3.8, 4) is 28.8 Å². The number of sulfonamides is 1. The van der Waals surface area contributed by atoms with E-state index in [0.29, 0.717) is 32.9 Å². The average molecular weight is 496 g/mol. The molecule has 0 spiro atoms. The number of ether oxygens (including phenoxy) is 3. The lowest BCUT2D eigenvalue weighted by Crippen LogP contribution is -2.27. The molecule has 0 saturated heterocycles. The second-order valence-corrected chi connectivity index (χ2v) is 10.0. The van der Waals surface area contributed by atoms with E-state index in [2.05, 4.69) is 20.0 Å². The molecular formula is C19H18ClN5O5S2. The van der Waals surface area contributed by atoms with Gasteiger partial charge in [0, 0.05) is 12.6 Å². The topological polar surface area (TPSA) is 117 Å². The predicted molar refractivity (Wildman–Crippen MR) is 119 cm³/mol. The van der Waals surface area contributed by atoms with E-state index in [1.165, 1.54) is 16.6 Å². The van der Waals surface area contributed by atoms with Crippen LogP contribution in [0.2, 0.25) is 4.34 Å². The average Bonchev–Trinajstić information content (AvgIpc) is 3.42. The van der Waals surface area contributed by atoms with Gasteiger partial charge < -0.3 is 14.2 Å². The third-order valence-corrected chi connectivity index (χ3v) is 7.53. The number of hydrogen-bond acceptors (Lipinski definition) is 9. The van der Waals surface area contributed by atoms with E-state index < -0.39 is 10.0 Å². The summed E-state index contributed by atoms with van der Waals surface area (Å²) in [6, 6.07) is 11.6. The third kappa shape index (κ3) is 4.63. The molecule has 13 heteroatoms. The molecule has 1 N–H and O–H groups in total. The maximum absolute atomic E-state index is 12.2. The number of hydrogen-bond donors (Lipinski definition) is 1. The Balaban J connectivity index is 1.50. The highest BCUT2D eigenvalue weighted by Gasteiger charge is 2.17. The van der Waals surface area contributed by atoms with Gasteiger partial charge in [-0.3, -0.25) is 0 Å². The molecule has 0 radical (unpaired) electrons. The number of halogens is 1. The van der Waals surface area contributed by atoms with Gasteiger partial charge in [0.2, 0.25) is 15.9 Å². The van der Waals surface area contributed by atoms with Crippen LogP contribution in [0.4, 0.5) is 0 Å². The van der Waals surface area contributed by atoms with E-state index in [1.54, 1.807) is 44.6 Å². The summed E-state index contributed by atoms with van der Waals surface area (Å²) >= 11 is 6.79. The normalized spacial score (nSPS) is 11.6. The summed E-state index contributed by atoms with van der Waals surface area (Å²) in [5.74, 6) is 1.93. The van der Waals surface area contributed by atoms with Crippen LogP contribution in [0.5, 0.6) is 17.4 Å². The van der Waals surface area contributed by atoms with Crippen LogP contribution < -0.4 is 18.9 Å². The molecule has 4 aromatic rings. The first kappa shape index (κ1) is 22.3. The lowest BCUT2D eigenvalue weighted by Gasteiger charge is -2.10. The minimum absolute atomic E-state index is 0.0519. The number of nitrogens with zero attached hydrogens (tertiary/aromatic N) is 4. The van der Waals surface area contributed by atoms with E-state index in [4.69, 9.17) is 25.8 Å². The van der Waals surface area contributed by atoms with Gasteiger partial charge in [-0.2, -0.15) is 4.52 Å². The standard InChI is InChI=1S/C19H18ClN5O5S2/c1-28-12-3-4-14(29-2)13(11-12)19-23-22-16-6-7-17(24-25(16)19)30-10-9-21-32(26,27)18-8-5-15(20)31-18/h3-8,11,21H,9-10H2,1-2H3. The Morgan fingerprint density at radius 2 is 1.94 bits per heavy atom. The highest BCUT2D eigenvalue weighted by atomic mass is 35.5. The minimum atomic E-state index is -3.64. The third-order valence-electron chi connectivity index (χ3n) is 4.34. The van der Waals surface area contributed by atoms with Crippen molar-refractivity contribution in [1.29, 1.82) is 0 Å². The van der Waals surface area contributed by atoms with Gasteiger partial charge in [-0.25, -0.2) is 13.1 Å². The number of thiophene rings is 1. The lowest BCUT2D eigenvalue weighted by atomic mass is 10.2. The lowest BCUT2D eigenvalue weighted by molar-refractivity contribution is 0.306. The van der Waals surface area contributed by atoms with Crippen molar-refractivity contribution in [3.05, 3.63) is 46.8 Å². The fourth-order valence-corrected chi connectivity index (χ4v) is 5.39. The molecule has 10 nitrogen and oxygen atoms in total. The molecule has 0 aliphatic heterocycles. The molecule has 0 amide bonds. The van der Waals surface area contributed by atoms with Crippen LogP contribution in [0.3, 0.4) is 0 Å². The number of nitrogens with one attached hydrogen (secondary N) is 1. The van der Waals surface area contributed by atoms with Gasteiger partial charge >= 0.3 is 0 Å².